The van der Waals surface area contributed by atoms with Crippen LogP contribution in [-0.2, 0) is 29.0 Å². The number of hydrogen-bond donors (Lipinski definition) is 1. The third-order valence-electron chi connectivity index (χ3n) is 7.02. The molecule has 3 aliphatic rings. The van der Waals surface area contributed by atoms with Gasteiger partial charge < -0.3 is 19.3 Å². The summed E-state index contributed by atoms with van der Waals surface area (Å²) in [5, 5.41) is 0. The number of piperidine rings is 1. The van der Waals surface area contributed by atoms with Gasteiger partial charge in [-0.3, -0.25) is 0 Å². The summed E-state index contributed by atoms with van der Waals surface area (Å²) in [6, 6.07) is 9.95. The van der Waals surface area contributed by atoms with Crippen molar-refractivity contribution in [3.05, 3.63) is 53.3 Å². The molecular formula is C25H33N5O3S. The minimum atomic E-state index is -0.225. The monoisotopic (exact) mass is 483 g/mol. The highest BCUT2D eigenvalue weighted by atomic mass is 32.1. The molecule has 0 N–H and O–H groups in total. The van der Waals surface area contributed by atoms with E-state index in [2.05, 4.69) is 29.6 Å². The normalized spacial score (nSPS) is 23.4. The molecule has 2 atom stereocenters. The highest BCUT2D eigenvalue weighted by molar-refractivity contribution is 7.77. The van der Waals surface area contributed by atoms with Crippen molar-refractivity contribution >= 4 is 24.9 Å². The van der Waals surface area contributed by atoms with Gasteiger partial charge in [-0.2, -0.15) is 0 Å². The van der Waals surface area contributed by atoms with Gasteiger partial charge in [0.2, 0.25) is 5.95 Å². The molecule has 182 valence electrons. The van der Waals surface area contributed by atoms with Crippen LogP contribution in [0.15, 0.2) is 36.5 Å². The minimum Gasteiger partial charge on any atom is -0.445 e. The van der Waals surface area contributed by atoms with Gasteiger partial charge in [-0.15, -0.1) is 0 Å². The molecule has 2 aromatic rings. The van der Waals surface area contributed by atoms with Crippen molar-refractivity contribution in [1.29, 1.82) is 0 Å². The van der Waals surface area contributed by atoms with Crippen LogP contribution in [0, 0.1) is 5.92 Å². The predicted molar refractivity (Wildman–Crippen MR) is 133 cm³/mol. The van der Waals surface area contributed by atoms with Gasteiger partial charge in [0.15, 0.2) is 0 Å². The lowest BCUT2D eigenvalue weighted by Gasteiger charge is -2.41. The van der Waals surface area contributed by atoms with Crippen molar-refractivity contribution in [2.75, 3.05) is 37.7 Å². The number of fused-ring (bicyclic) bond motifs is 1. The Morgan fingerprint density at radius 2 is 2.03 bits per heavy atom. The number of hydrogen-bond acceptors (Lipinski definition) is 8. The second kappa shape index (κ2) is 10.5. The van der Waals surface area contributed by atoms with Gasteiger partial charge in [-0.1, -0.05) is 43.1 Å². The Balaban J connectivity index is 1.02. The van der Waals surface area contributed by atoms with Crippen molar-refractivity contribution in [3.63, 3.8) is 0 Å². The standard InChI is InChI=1S/C25H33N5O3S/c1-18-11-20(7-10-30(18)25(31)33-16-19-5-3-2-4-6-19)17-32-22-14-28(15-22)24-26-12-21-13-29(34)9-8-23(21)27-24/h2-6,12,18,20,22,34H,7-11,13-17H2,1H3/t18-,20-/m1/s1. The maximum atomic E-state index is 12.5. The summed E-state index contributed by atoms with van der Waals surface area (Å²) in [5.74, 6) is 1.27. The second-order valence-corrected chi connectivity index (χ2v) is 10.2. The van der Waals surface area contributed by atoms with Crippen molar-refractivity contribution in [1.82, 2.24) is 19.2 Å². The highest BCUT2D eigenvalue weighted by Gasteiger charge is 2.33. The van der Waals surface area contributed by atoms with Gasteiger partial charge >= 0.3 is 6.09 Å². The van der Waals surface area contributed by atoms with E-state index >= 15 is 0 Å². The van der Waals surface area contributed by atoms with E-state index in [1.807, 2.05) is 45.7 Å². The number of anilines is 1. The molecule has 0 radical (unpaired) electrons. The molecule has 1 aromatic carbocycles. The van der Waals surface area contributed by atoms with E-state index in [0.29, 0.717) is 19.1 Å². The zero-order valence-electron chi connectivity index (χ0n) is 19.7. The van der Waals surface area contributed by atoms with Crippen LogP contribution in [-0.4, -0.2) is 70.2 Å². The van der Waals surface area contributed by atoms with Crippen LogP contribution in [0.1, 0.15) is 36.6 Å². The summed E-state index contributed by atoms with van der Waals surface area (Å²) in [5.41, 5.74) is 3.32. The first-order valence-electron chi connectivity index (χ1n) is 12.2. The third-order valence-corrected chi connectivity index (χ3v) is 7.37. The Hall–Kier alpha value is -2.36. The highest BCUT2D eigenvalue weighted by Crippen LogP contribution is 2.27. The van der Waals surface area contributed by atoms with E-state index in [0.717, 1.165) is 69.3 Å². The van der Waals surface area contributed by atoms with Gasteiger partial charge in [0, 0.05) is 56.9 Å². The zero-order valence-corrected chi connectivity index (χ0v) is 20.6. The summed E-state index contributed by atoms with van der Waals surface area (Å²) < 4.78 is 13.7. The summed E-state index contributed by atoms with van der Waals surface area (Å²) in [6.07, 6.45) is 4.73. The molecule has 5 rings (SSSR count). The van der Waals surface area contributed by atoms with E-state index in [9.17, 15) is 4.79 Å². The largest absolute Gasteiger partial charge is 0.445 e. The van der Waals surface area contributed by atoms with Gasteiger partial charge in [0.1, 0.15) is 6.61 Å². The molecule has 1 amide bonds. The minimum absolute atomic E-state index is 0.153. The number of amides is 1. The maximum absolute atomic E-state index is 12.5. The summed E-state index contributed by atoms with van der Waals surface area (Å²) in [4.78, 5) is 25.9. The quantitative estimate of drug-likeness (QED) is 0.632. The molecule has 1 aromatic heterocycles. The number of benzene rings is 1. The number of carbonyl (C=O) groups excluding carboxylic acids is 1. The van der Waals surface area contributed by atoms with Gasteiger partial charge in [-0.25, -0.2) is 19.1 Å². The number of rotatable bonds is 6. The van der Waals surface area contributed by atoms with Gasteiger partial charge in [0.25, 0.3) is 0 Å². The number of thiol groups is 1. The fourth-order valence-electron chi connectivity index (χ4n) is 4.92. The second-order valence-electron chi connectivity index (χ2n) is 9.61. The lowest BCUT2D eigenvalue weighted by Crippen LogP contribution is -2.54. The van der Waals surface area contributed by atoms with Crippen LogP contribution < -0.4 is 4.90 Å². The number of nitrogens with zero attached hydrogens (tertiary/aromatic N) is 5. The predicted octanol–water partition coefficient (Wildman–Crippen LogP) is 3.32. The number of likely N-dealkylation sites (tertiary alicyclic amines) is 1. The zero-order chi connectivity index (χ0) is 23.5. The van der Waals surface area contributed by atoms with Crippen molar-refractivity contribution < 1.29 is 14.3 Å². The molecule has 0 unspecified atom stereocenters. The summed E-state index contributed by atoms with van der Waals surface area (Å²) in [7, 11) is 0. The molecule has 0 aliphatic carbocycles. The first-order chi connectivity index (χ1) is 16.5. The molecule has 34 heavy (non-hydrogen) atoms. The Morgan fingerprint density at radius 3 is 2.82 bits per heavy atom. The van der Waals surface area contributed by atoms with Crippen molar-refractivity contribution in [2.24, 2.45) is 5.92 Å². The Labute approximate surface area is 206 Å². The number of carbonyl (C=O) groups is 1. The van der Waals surface area contributed by atoms with Crippen LogP contribution in [0.2, 0.25) is 0 Å². The van der Waals surface area contributed by atoms with E-state index in [1.54, 1.807) is 0 Å². The van der Waals surface area contributed by atoms with Crippen molar-refractivity contribution in [3.8, 4) is 0 Å². The van der Waals surface area contributed by atoms with E-state index in [-0.39, 0.29) is 18.2 Å². The Kier molecular flexibility index (Phi) is 7.22. The molecule has 4 heterocycles. The molecule has 2 fully saturated rings. The molecule has 9 heteroatoms. The first kappa shape index (κ1) is 23.4. The topological polar surface area (TPSA) is 71.0 Å². The van der Waals surface area contributed by atoms with Crippen molar-refractivity contribution in [2.45, 2.75) is 51.5 Å². The fourth-order valence-corrected chi connectivity index (χ4v) is 5.17. The van der Waals surface area contributed by atoms with Gasteiger partial charge in [0.05, 0.1) is 18.4 Å². The van der Waals surface area contributed by atoms with Crippen LogP contribution in [0.4, 0.5) is 10.7 Å². The average molecular weight is 484 g/mol. The van der Waals surface area contributed by atoms with E-state index in [1.165, 1.54) is 5.56 Å². The van der Waals surface area contributed by atoms with E-state index in [4.69, 9.17) is 14.5 Å². The van der Waals surface area contributed by atoms with Crippen LogP contribution >= 0.6 is 12.8 Å². The van der Waals surface area contributed by atoms with Crippen LogP contribution in [0.25, 0.3) is 0 Å². The van der Waals surface area contributed by atoms with Crippen LogP contribution in [0.5, 0.6) is 0 Å². The lowest BCUT2D eigenvalue weighted by molar-refractivity contribution is -0.0103. The molecular weight excluding hydrogens is 450 g/mol. The smallest absolute Gasteiger partial charge is 0.410 e. The van der Waals surface area contributed by atoms with E-state index < -0.39 is 0 Å². The summed E-state index contributed by atoms with van der Waals surface area (Å²) in [6.45, 7) is 7.24. The maximum Gasteiger partial charge on any atom is 0.410 e. The molecule has 0 bridgehead atoms. The number of ether oxygens (including phenoxy) is 2. The SMILES string of the molecule is C[C@@H]1C[C@H](COC2CN(c3ncc4c(n3)CCN(S)C4)C2)CCN1C(=O)OCc1ccccc1. The fraction of sp³-hybridized carbons (Fsp3) is 0.560. The van der Waals surface area contributed by atoms with Crippen LogP contribution in [0.3, 0.4) is 0 Å². The Bertz CT molecular complexity index is 988. The van der Waals surface area contributed by atoms with Gasteiger partial charge in [-0.05, 0) is 31.2 Å². The summed E-state index contributed by atoms with van der Waals surface area (Å²) >= 11 is 4.43. The average Bonchev–Trinajstić information content (AvgIpc) is 2.82. The number of aromatic nitrogens is 2. The first-order valence-corrected chi connectivity index (χ1v) is 12.6. The molecule has 8 nitrogen and oxygen atoms in total. The lowest BCUT2D eigenvalue weighted by atomic mass is 9.92. The Morgan fingerprint density at radius 1 is 1.21 bits per heavy atom. The molecule has 0 saturated carbocycles. The molecule has 0 spiro atoms. The molecule has 2 saturated heterocycles. The molecule has 3 aliphatic heterocycles. The third kappa shape index (κ3) is 5.47.